The van der Waals surface area contributed by atoms with Gasteiger partial charge < -0.3 is 5.11 Å². The summed E-state index contributed by atoms with van der Waals surface area (Å²) in [6, 6.07) is 0. The second-order valence-electron chi connectivity index (χ2n) is 6.62. The molecule has 2 fully saturated rings. The molecule has 0 aromatic carbocycles. The van der Waals surface area contributed by atoms with E-state index in [1.54, 1.807) is 0 Å². The van der Waals surface area contributed by atoms with Crippen molar-refractivity contribution in [3.05, 3.63) is 0 Å². The lowest BCUT2D eigenvalue weighted by Crippen LogP contribution is -2.45. The monoisotopic (exact) mass is 274 g/mol. The Morgan fingerprint density at radius 1 is 1.17 bits per heavy atom. The maximum atomic E-state index is 11.7. The SMILES string of the molecule is CC1CCCC(O)(C2CCCC(S(C)(=O)=O)C2)C1. The lowest BCUT2D eigenvalue weighted by molar-refractivity contribution is -0.0732. The Labute approximate surface area is 111 Å². The molecule has 0 amide bonds. The van der Waals surface area contributed by atoms with Crippen molar-refractivity contribution in [2.75, 3.05) is 6.26 Å². The van der Waals surface area contributed by atoms with Gasteiger partial charge in [-0.3, -0.25) is 0 Å². The van der Waals surface area contributed by atoms with E-state index in [0.717, 1.165) is 38.5 Å². The van der Waals surface area contributed by atoms with Gasteiger partial charge in [-0.2, -0.15) is 0 Å². The molecule has 0 aromatic heterocycles. The van der Waals surface area contributed by atoms with Crippen LogP contribution in [0, 0.1) is 11.8 Å². The van der Waals surface area contributed by atoms with Gasteiger partial charge in [0.15, 0.2) is 0 Å². The van der Waals surface area contributed by atoms with Crippen LogP contribution in [0.5, 0.6) is 0 Å². The molecule has 2 saturated carbocycles. The fourth-order valence-electron chi connectivity index (χ4n) is 3.96. The first-order valence-corrected chi connectivity index (χ1v) is 9.18. The van der Waals surface area contributed by atoms with Gasteiger partial charge in [-0.05, 0) is 43.9 Å². The third kappa shape index (κ3) is 3.08. The highest BCUT2D eigenvalue weighted by Crippen LogP contribution is 2.44. The van der Waals surface area contributed by atoms with Gasteiger partial charge in [0.05, 0.1) is 10.9 Å². The molecule has 2 aliphatic carbocycles. The molecule has 4 unspecified atom stereocenters. The summed E-state index contributed by atoms with van der Waals surface area (Å²) in [6.07, 6.45) is 8.72. The third-order valence-corrected chi connectivity index (χ3v) is 6.64. The van der Waals surface area contributed by atoms with Crippen LogP contribution in [0.4, 0.5) is 0 Å². The quantitative estimate of drug-likeness (QED) is 0.842. The lowest BCUT2D eigenvalue weighted by atomic mass is 9.67. The van der Waals surface area contributed by atoms with Crippen LogP contribution in [-0.2, 0) is 9.84 Å². The van der Waals surface area contributed by atoms with Crippen molar-refractivity contribution in [1.29, 1.82) is 0 Å². The van der Waals surface area contributed by atoms with E-state index >= 15 is 0 Å². The Bertz CT molecular complexity index is 390. The van der Waals surface area contributed by atoms with Gasteiger partial charge in [0.1, 0.15) is 9.84 Å². The maximum Gasteiger partial charge on any atom is 0.150 e. The van der Waals surface area contributed by atoms with E-state index < -0.39 is 15.4 Å². The number of hydrogen-bond donors (Lipinski definition) is 1. The Balaban J connectivity index is 2.08. The first-order chi connectivity index (χ1) is 8.31. The van der Waals surface area contributed by atoms with Crippen LogP contribution in [-0.4, -0.2) is 30.6 Å². The molecule has 106 valence electrons. The average Bonchev–Trinajstić information content (AvgIpc) is 2.28. The van der Waals surface area contributed by atoms with Gasteiger partial charge in [-0.25, -0.2) is 8.42 Å². The lowest BCUT2D eigenvalue weighted by Gasteiger charge is -2.44. The second kappa shape index (κ2) is 5.12. The van der Waals surface area contributed by atoms with Gasteiger partial charge in [-0.15, -0.1) is 0 Å². The molecule has 0 radical (unpaired) electrons. The van der Waals surface area contributed by atoms with Crippen LogP contribution >= 0.6 is 0 Å². The van der Waals surface area contributed by atoms with Crippen LogP contribution in [0.3, 0.4) is 0 Å². The predicted molar refractivity (Wildman–Crippen MR) is 73.2 cm³/mol. The predicted octanol–water partition coefficient (Wildman–Crippen LogP) is 2.53. The number of sulfone groups is 1. The molecule has 18 heavy (non-hydrogen) atoms. The molecule has 0 heterocycles. The van der Waals surface area contributed by atoms with Crippen molar-refractivity contribution in [1.82, 2.24) is 0 Å². The summed E-state index contributed by atoms with van der Waals surface area (Å²) in [7, 11) is -2.95. The third-order valence-electron chi connectivity index (χ3n) is 5.00. The Morgan fingerprint density at radius 3 is 2.50 bits per heavy atom. The number of hydrogen-bond acceptors (Lipinski definition) is 3. The maximum absolute atomic E-state index is 11.7. The van der Waals surface area contributed by atoms with Gasteiger partial charge in [0, 0.05) is 6.26 Å². The minimum atomic E-state index is -2.95. The summed E-state index contributed by atoms with van der Waals surface area (Å²) in [5.41, 5.74) is -0.596. The molecule has 0 spiro atoms. The van der Waals surface area contributed by atoms with E-state index in [0.29, 0.717) is 12.3 Å². The molecule has 2 rings (SSSR count). The molecule has 3 nitrogen and oxygen atoms in total. The molecule has 2 aliphatic rings. The van der Waals surface area contributed by atoms with Gasteiger partial charge in [0.25, 0.3) is 0 Å². The molecule has 0 bridgehead atoms. The molecule has 1 N–H and O–H groups in total. The number of aliphatic hydroxyl groups is 1. The Hall–Kier alpha value is -0.0900. The smallest absolute Gasteiger partial charge is 0.150 e. The molecule has 0 saturated heterocycles. The zero-order valence-corrected chi connectivity index (χ0v) is 12.4. The highest BCUT2D eigenvalue weighted by atomic mass is 32.2. The van der Waals surface area contributed by atoms with Crippen molar-refractivity contribution >= 4 is 9.84 Å². The van der Waals surface area contributed by atoms with Gasteiger partial charge in [-0.1, -0.05) is 26.2 Å². The second-order valence-corrected chi connectivity index (χ2v) is 8.95. The fraction of sp³-hybridized carbons (Fsp3) is 1.00. The molecule has 0 aromatic rings. The van der Waals surface area contributed by atoms with Crippen LogP contribution in [0.1, 0.15) is 58.3 Å². The van der Waals surface area contributed by atoms with Crippen LogP contribution in [0.25, 0.3) is 0 Å². The van der Waals surface area contributed by atoms with Crippen LogP contribution in [0.2, 0.25) is 0 Å². The van der Waals surface area contributed by atoms with Gasteiger partial charge >= 0.3 is 0 Å². The first kappa shape index (κ1) is 14.3. The highest BCUT2D eigenvalue weighted by Gasteiger charge is 2.43. The minimum absolute atomic E-state index is 0.189. The van der Waals surface area contributed by atoms with Crippen molar-refractivity contribution in [2.24, 2.45) is 11.8 Å². The normalized spacial score (nSPS) is 42.7. The summed E-state index contributed by atoms with van der Waals surface area (Å²) >= 11 is 0. The van der Waals surface area contributed by atoms with E-state index in [4.69, 9.17) is 0 Å². The summed E-state index contributed by atoms with van der Waals surface area (Å²) < 4.78 is 23.4. The summed E-state index contributed by atoms with van der Waals surface area (Å²) in [6.45, 7) is 2.20. The van der Waals surface area contributed by atoms with E-state index in [1.807, 2.05) is 0 Å². The Kier molecular flexibility index (Phi) is 4.07. The zero-order valence-electron chi connectivity index (χ0n) is 11.6. The van der Waals surface area contributed by atoms with Crippen molar-refractivity contribution in [2.45, 2.75) is 69.1 Å². The van der Waals surface area contributed by atoms with E-state index in [-0.39, 0.29) is 11.2 Å². The Morgan fingerprint density at radius 2 is 1.89 bits per heavy atom. The van der Waals surface area contributed by atoms with Crippen molar-refractivity contribution in [3.63, 3.8) is 0 Å². The average molecular weight is 274 g/mol. The first-order valence-electron chi connectivity index (χ1n) is 7.22. The van der Waals surface area contributed by atoms with E-state index in [2.05, 4.69) is 6.92 Å². The van der Waals surface area contributed by atoms with Crippen LogP contribution < -0.4 is 0 Å². The highest BCUT2D eigenvalue weighted by molar-refractivity contribution is 7.91. The fourth-order valence-corrected chi connectivity index (χ4v) is 5.13. The zero-order chi connectivity index (χ0) is 13.4. The minimum Gasteiger partial charge on any atom is -0.390 e. The standard InChI is InChI=1S/C14H26O3S/c1-11-5-4-8-14(15,10-11)12-6-3-7-13(9-12)18(2,16)17/h11-13,15H,3-10H2,1-2H3. The number of rotatable bonds is 2. The van der Waals surface area contributed by atoms with E-state index in [1.165, 1.54) is 12.7 Å². The summed E-state index contributed by atoms with van der Waals surface area (Å²) in [4.78, 5) is 0. The van der Waals surface area contributed by atoms with Crippen LogP contribution in [0.15, 0.2) is 0 Å². The van der Waals surface area contributed by atoms with E-state index in [9.17, 15) is 13.5 Å². The summed E-state index contributed by atoms with van der Waals surface area (Å²) in [5.74, 6) is 0.760. The topological polar surface area (TPSA) is 54.4 Å². The molecule has 0 aliphatic heterocycles. The van der Waals surface area contributed by atoms with Gasteiger partial charge in [0.2, 0.25) is 0 Å². The van der Waals surface area contributed by atoms with Crippen molar-refractivity contribution in [3.8, 4) is 0 Å². The molecule has 4 heteroatoms. The molecule has 4 atom stereocenters. The van der Waals surface area contributed by atoms with Crippen molar-refractivity contribution < 1.29 is 13.5 Å². The molecular weight excluding hydrogens is 248 g/mol. The largest absolute Gasteiger partial charge is 0.390 e. The molecular formula is C14H26O3S. The summed E-state index contributed by atoms with van der Waals surface area (Å²) in [5, 5.41) is 10.6.